The highest BCUT2D eigenvalue weighted by Gasteiger charge is 2.18. The van der Waals surface area contributed by atoms with Crippen molar-refractivity contribution in [2.45, 2.75) is 26.8 Å². The fraction of sp³-hybridized carbons (Fsp3) is 0.348. The number of benzene rings is 2. The lowest BCUT2D eigenvalue weighted by molar-refractivity contribution is -0.884. The van der Waals surface area contributed by atoms with Crippen LogP contribution in [-0.2, 0) is 13.0 Å². The highest BCUT2D eigenvalue weighted by molar-refractivity contribution is 6.08. The summed E-state index contributed by atoms with van der Waals surface area (Å²) in [5.74, 6) is 1.62. The van der Waals surface area contributed by atoms with Crippen molar-refractivity contribution in [3.63, 3.8) is 0 Å². The molecule has 2 aromatic carbocycles. The number of Topliss-reactive ketones (excluding diaryl/α,β-unsaturated/α-hetero) is 1. The molecule has 5 nitrogen and oxygen atoms in total. The number of hydrogen-bond donors (Lipinski definition) is 2. The average molecular weight is 381 g/mol. The Morgan fingerprint density at radius 1 is 1.14 bits per heavy atom. The highest BCUT2D eigenvalue weighted by Crippen LogP contribution is 2.27. The Bertz CT molecular complexity index is 962. The molecule has 3 aromatic rings. The number of methoxy groups -OCH3 is 1. The number of para-hydroxylation sites is 1. The largest absolute Gasteiger partial charge is 0.493 e. The number of quaternary nitrogens is 1. The molecule has 5 heteroatoms. The molecule has 28 heavy (non-hydrogen) atoms. The van der Waals surface area contributed by atoms with Crippen molar-refractivity contribution in [1.82, 2.24) is 4.98 Å². The number of likely N-dealkylation sites (N-methyl/N-ethyl adjacent to an activating group) is 1. The van der Waals surface area contributed by atoms with Gasteiger partial charge < -0.3 is 19.4 Å². The van der Waals surface area contributed by atoms with Gasteiger partial charge in [0.2, 0.25) is 5.78 Å². The third kappa shape index (κ3) is 4.20. The van der Waals surface area contributed by atoms with Crippen LogP contribution in [0.3, 0.4) is 0 Å². The van der Waals surface area contributed by atoms with Crippen LogP contribution in [0.2, 0.25) is 0 Å². The molecule has 1 atom stereocenters. The first-order valence-electron chi connectivity index (χ1n) is 9.80. The number of aryl methyl sites for hydroxylation is 1. The molecular formula is C23H29N2O3+. The Labute approximate surface area is 166 Å². The fourth-order valence-corrected chi connectivity index (χ4v) is 3.62. The summed E-state index contributed by atoms with van der Waals surface area (Å²) in [5.41, 5.74) is 4.19. The van der Waals surface area contributed by atoms with Gasteiger partial charge in [0.25, 0.3) is 0 Å². The monoisotopic (exact) mass is 381 g/mol. The second-order valence-corrected chi connectivity index (χ2v) is 7.05. The zero-order chi connectivity index (χ0) is 20.1. The maximum atomic E-state index is 12.9. The van der Waals surface area contributed by atoms with Crippen LogP contribution in [0.4, 0.5) is 0 Å². The van der Waals surface area contributed by atoms with Crippen LogP contribution in [0.1, 0.15) is 35.3 Å². The fourth-order valence-electron chi connectivity index (χ4n) is 3.62. The van der Waals surface area contributed by atoms with Crippen LogP contribution in [0, 0.1) is 0 Å². The van der Waals surface area contributed by atoms with Crippen LogP contribution < -0.4 is 14.4 Å². The van der Waals surface area contributed by atoms with E-state index in [1.54, 1.807) is 7.11 Å². The zero-order valence-corrected chi connectivity index (χ0v) is 17.1. The van der Waals surface area contributed by atoms with Gasteiger partial charge in [0.1, 0.15) is 13.1 Å². The molecule has 3 rings (SSSR count). The molecule has 0 bridgehead atoms. The number of carbonyl (C=O) groups excluding carboxylic acids is 1. The molecule has 0 radical (unpaired) electrons. The number of fused-ring (bicyclic) bond motifs is 1. The molecule has 0 saturated heterocycles. The SMILES string of the molecule is CCOc1ccc(C[NH+](C)CC(=O)c2c[nH]c3c(CC)cccc23)cc1OC. The summed E-state index contributed by atoms with van der Waals surface area (Å²) in [5, 5.41) is 1.01. The lowest BCUT2D eigenvalue weighted by Crippen LogP contribution is -3.08. The van der Waals surface area contributed by atoms with Crippen molar-refractivity contribution >= 4 is 16.7 Å². The summed E-state index contributed by atoms with van der Waals surface area (Å²) in [4.78, 5) is 17.3. The molecule has 1 aromatic heterocycles. The van der Waals surface area contributed by atoms with E-state index < -0.39 is 0 Å². The minimum Gasteiger partial charge on any atom is -0.493 e. The Kier molecular flexibility index (Phi) is 6.37. The lowest BCUT2D eigenvalue weighted by Gasteiger charge is -2.15. The summed E-state index contributed by atoms with van der Waals surface area (Å²) >= 11 is 0. The van der Waals surface area contributed by atoms with Gasteiger partial charge >= 0.3 is 0 Å². The van der Waals surface area contributed by atoms with Crippen LogP contribution in [0.15, 0.2) is 42.6 Å². The number of aromatic nitrogens is 1. The van der Waals surface area contributed by atoms with Crippen LogP contribution in [-0.4, -0.2) is 38.1 Å². The van der Waals surface area contributed by atoms with Crippen molar-refractivity contribution in [1.29, 1.82) is 0 Å². The summed E-state index contributed by atoms with van der Waals surface area (Å²) in [6, 6.07) is 12.1. The molecule has 0 saturated carbocycles. The van der Waals surface area contributed by atoms with E-state index in [2.05, 4.69) is 18.0 Å². The van der Waals surface area contributed by atoms with Gasteiger partial charge in [-0.15, -0.1) is 0 Å². The second-order valence-electron chi connectivity index (χ2n) is 7.05. The first-order chi connectivity index (χ1) is 13.6. The van der Waals surface area contributed by atoms with Crippen molar-refractivity contribution in [3.8, 4) is 11.5 Å². The molecule has 0 amide bonds. The molecule has 1 unspecified atom stereocenters. The van der Waals surface area contributed by atoms with Crippen LogP contribution in [0.5, 0.6) is 11.5 Å². The lowest BCUT2D eigenvalue weighted by atomic mass is 10.0. The molecule has 2 N–H and O–H groups in total. The van der Waals surface area contributed by atoms with Crippen molar-refractivity contribution in [2.24, 2.45) is 0 Å². The maximum Gasteiger partial charge on any atom is 0.219 e. The maximum absolute atomic E-state index is 12.9. The Balaban J connectivity index is 1.71. The number of ether oxygens (including phenoxy) is 2. The Morgan fingerprint density at radius 2 is 1.96 bits per heavy atom. The van der Waals surface area contributed by atoms with Gasteiger partial charge in [0.05, 0.1) is 20.8 Å². The number of nitrogens with one attached hydrogen (secondary N) is 2. The number of hydrogen-bond acceptors (Lipinski definition) is 3. The third-order valence-corrected chi connectivity index (χ3v) is 4.98. The molecule has 148 valence electrons. The first-order valence-corrected chi connectivity index (χ1v) is 9.80. The van der Waals surface area contributed by atoms with Crippen molar-refractivity contribution in [2.75, 3.05) is 27.3 Å². The molecule has 0 fully saturated rings. The van der Waals surface area contributed by atoms with Crippen molar-refractivity contribution in [3.05, 3.63) is 59.3 Å². The number of aromatic amines is 1. The quantitative estimate of drug-likeness (QED) is 0.560. The van der Waals surface area contributed by atoms with Gasteiger partial charge in [-0.3, -0.25) is 4.79 Å². The summed E-state index contributed by atoms with van der Waals surface area (Å²) < 4.78 is 11.0. The first kappa shape index (κ1) is 20.0. The minimum absolute atomic E-state index is 0.148. The van der Waals surface area contributed by atoms with E-state index >= 15 is 0 Å². The van der Waals surface area contributed by atoms with E-state index in [1.807, 2.05) is 50.5 Å². The van der Waals surface area contributed by atoms with Gasteiger partial charge in [-0.2, -0.15) is 0 Å². The molecule has 0 aliphatic carbocycles. The zero-order valence-electron chi connectivity index (χ0n) is 17.1. The normalized spacial score (nSPS) is 12.1. The number of H-pyrrole nitrogens is 1. The van der Waals surface area contributed by atoms with Gasteiger partial charge in [0, 0.05) is 28.2 Å². The topological polar surface area (TPSA) is 55.8 Å². The molecule has 1 heterocycles. The van der Waals surface area contributed by atoms with Gasteiger partial charge in [-0.25, -0.2) is 0 Å². The summed E-state index contributed by atoms with van der Waals surface area (Å²) in [7, 11) is 3.68. The van der Waals surface area contributed by atoms with Crippen LogP contribution in [0.25, 0.3) is 10.9 Å². The number of rotatable bonds is 9. The van der Waals surface area contributed by atoms with E-state index in [0.717, 1.165) is 51.4 Å². The van der Waals surface area contributed by atoms with E-state index in [-0.39, 0.29) is 5.78 Å². The molecule has 0 aliphatic rings. The summed E-state index contributed by atoms with van der Waals surface area (Å²) in [6.45, 7) is 5.83. The summed E-state index contributed by atoms with van der Waals surface area (Å²) in [6.07, 6.45) is 2.79. The molecule has 0 aliphatic heterocycles. The molecular weight excluding hydrogens is 352 g/mol. The third-order valence-electron chi connectivity index (χ3n) is 4.98. The van der Waals surface area contributed by atoms with E-state index in [4.69, 9.17) is 9.47 Å². The van der Waals surface area contributed by atoms with E-state index in [9.17, 15) is 4.79 Å². The van der Waals surface area contributed by atoms with Crippen molar-refractivity contribution < 1.29 is 19.2 Å². The van der Waals surface area contributed by atoms with Gasteiger partial charge in [-0.1, -0.05) is 25.1 Å². The predicted molar refractivity (Wildman–Crippen MR) is 112 cm³/mol. The van der Waals surface area contributed by atoms with E-state index in [0.29, 0.717) is 13.2 Å². The molecule has 0 spiro atoms. The van der Waals surface area contributed by atoms with Gasteiger partial charge in [0.15, 0.2) is 11.5 Å². The Morgan fingerprint density at radius 3 is 2.68 bits per heavy atom. The second kappa shape index (κ2) is 8.93. The predicted octanol–water partition coefficient (Wildman–Crippen LogP) is 3.04. The van der Waals surface area contributed by atoms with Crippen LogP contribution >= 0.6 is 0 Å². The van der Waals surface area contributed by atoms with Gasteiger partial charge in [-0.05, 0) is 37.1 Å². The standard InChI is InChI=1S/C23H28N2O3/c1-5-17-8-7-9-18-19(13-24-23(17)18)20(26)15-25(3)14-16-10-11-21(28-6-2)22(12-16)27-4/h7-13,24H,5-6,14-15H2,1-4H3/p+1. The Hall–Kier alpha value is -2.79. The van der Waals surface area contributed by atoms with E-state index in [1.165, 1.54) is 5.56 Å². The number of carbonyl (C=O) groups is 1. The number of ketones is 1. The highest BCUT2D eigenvalue weighted by atomic mass is 16.5. The average Bonchev–Trinajstić information content (AvgIpc) is 3.13. The minimum atomic E-state index is 0.148. The smallest absolute Gasteiger partial charge is 0.219 e.